The maximum Gasteiger partial charge on any atom is 0.277 e. The van der Waals surface area contributed by atoms with Gasteiger partial charge in [-0.25, -0.2) is 4.52 Å². The van der Waals surface area contributed by atoms with E-state index < -0.39 is 0 Å². The molecule has 0 unspecified atom stereocenters. The van der Waals surface area contributed by atoms with Crippen LogP contribution >= 0.6 is 0 Å². The highest BCUT2D eigenvalue weighted by Crippen LogP contribution is 2.17. The molecular formula is C15H16N2O. The van der Waals surface area contributed by atoms with Gasteiger partial charge in [0.25, 0.3) is 5.56 Å². The molecule has 0 aliphatic carbocycles. The highest BCUT2D eigenvalue weighted by molar-refractivity contribution is 5.85. The number of fused-ring (bicyclic) bond motifs is 2. The molecule has 0 radical (unpaired) electrons. The molecule has 18 heavy (non-hydrogen) atoms. The van der Waals surface area contributed by atoms with Crippen molar-refractivity contribution in [2.75, 3.05) is 0 Å². The van der Waals surface area contributed by atoms with Crippen LogP contribution in [0.25, 0.3) is 16.3 Å². The fraction of sp³-hybridized carbons (Fsp3) is 0.267. The number of nitrogens with one attached hydrogen (secondary N) is 1. The number of benzene rings is 1. The average molecular weight is 240 g/mol. The maximum absolute atomic E-state index is 12.3. The number of H-pyrrole nitrogens is 1. The Balaban J connectivity index is 2.29. The third-order valence-corrected chi connectivity index (χ3v) is 3.42. The zero-order valence-corrected chi connectivity index (χ0v) is 10.4. The van der Waals surface area contributed by atoms with E-state index in [0.717, 1.165) is 35.6 Å². The number of aromatic amines is 1. The summed E-state index contributed by atoms with van der Waals surface area (Å²) in [7, 11) is 0. The van der Waals surface area contributed by atoms with Crippen LogP contribution in [0.15, 0.2) is 41.3 Å². The van der Waals surface area contributed by atoms with Crippen LogP contribution in [-0.4, -0.2) is 9.61 Å². The minimum atomic E-state index is 0.0332. The first-order valence-electron chi connectivity index (χ1n) is 6.42. The number of aryl methyl sites for hydroxylation is 1. The van der Waals surface area contributed by atoms with Gasteiger partial charge in [0.1, 0.15) is 0 Å². The van der Waals surface area contributed by atoms with Crippen LogP contribution in [0.1, 0.15) is 25.3 Å². The molecule has 3 heteroatoms. The van der Waals surface area contributed by atoms with Gasteiger partial charge in [0, 0.05) is 11.6 Å². The van der Waals surface area contributed by atoms with Crippen LogP contribution in [0.2, 0.25) is 0 Å². The van der Waals surface area contributed by atoms with Gasteiger partial charge < -0.3 is 0 Å². The summed E-state index contributed by atoms with van der Waals surface area (Å²) >= 11 is 0. The summed E-state index contributed by atoms with van der Waals surface area (Å²) in [5, 5.41) is 4.84. The molecule has 2 heterocycles. The molecule has 0 amide bonds. The Kier molecular flexibility index (Phi) is 2.67. The highest BCUT2D eigenvalue weighted by atomic mass is 16.1. The minimum absolute atomic E-state index is 0.0332. The van der Waals surface area contributed by atoms with Gasteiger partial charge in [0.15, 0.2) is 0 Å². The van der Waals surface area contributed by atoms with Gasteiger partial charge in [-0.3, -0.25) is 9.89 Å². The van der Waals surface area contributed by atoms with Crippen molar-refractivity contribution in [1.29, 1.82) is 0 Å². The molecule has 3 rings (SSSR count). The molecule has 0 saturated heterocycles. The molecule has 0 bridgehead atoms. The third-order valence-electron chi connectivity index (χ3n) is 3.42. The number of unbranched alkanes of at least 4 members (excludes halogenated alkanes) is 1. The summed E-state index contributed by atoms with van der Waals surface area (Å²) in [5.41, 5.74) is 2.26. The van der Waals surface area contributed by atoms with E-state index in [4.69, 9.17) is 0 Å². The first-order valence-corrected chi connectivity index (χ1v) is 6.42. The molecule has 3 nitrogen and oxygen atoms in total. The van der Waals surface area contributed by atoms with E-state index in [-0.39, 0.29) is 5.56 Å². The van der Waals surface area contributed by atoms with Gasteiger partial charge in [0.05, 0.1) is 5.52 Å². The van der Waals surface area contributed by atoms with Gasteiger partial charge >= 0.3 is 0 Å². The zero-order chi connectivity index (χ0) is 12.5. The third kappa shape index (κ3) is 1.63. The average Bonchev–Trinajstić information content (AvgIpc) is 2.80. The summed E-state index contributed by atoms with van der Waals surface area (Å²) in [6.07, 6.45) is 5.27. The molecule has 1 aromatic carbocycles. The van der Waals surface area contributed by atoms with E-state index in [1.54, 1.807) is 4.52 Å². The first kappa shape index (κ1) is 11.1. The molecule has 1 N–H and O–H groups in total. The highest BCUT2D eigenvalue weighted by Gasteiger charge is 2.08. The second kappa shape index (κ2) is 4.33. The van der Waals surface area contributed by atoms with E-state index >= 15 is 0 Å². The first-order chi connectivity index (χ1) is 8.81. The Labute approximate surface area is 105 Å². The second-order valence-electron chi connectivity index (χ2n) is 4.66. The number of nitrogens with zero attached hydrogens (tertiary/aromatic N) is 1. The van der Waals surface area contributed by atoms with Gasteiger partial charge in [-0.1, -0.05) is 31.5 Å². The number of pyridine rings is 1. The molecule has 0 atom stereocenters. The van der Waals surface area contributed by atoms with Crippen molar-refractivity contribution in [1.82, 2.24) is 9.61 Å². The monoisotopic (exact) mass is 240 g/mol. The quantitative estimate of drug-likeness (QED) is 0.750. The van der Waals surface area contributed by atoms with Crippen LogP contribution in [0, 0.1) is 0 Å². The lowest BCUT2D eigenvalue weighted by molar-refractivity contribution is 0.799. The Morgan fingerprint density at radius 3 is 2.94 bits per heavy atom. The van der Waals surface area contributed by atoms with Crippen molar-refractivity contribution < 1.29 is 0 Å². The topological polar surface area (TPSA) is 37.3 Å². The van der Waals surface area contributed by atoms with Crippen molar-refractivity contribution in [3.63, 3.8) is 0 Å². The molecule has 0 saturated carbocycles. The van der Waals surface area contributed by atoms with Crippen molar-refractivity contribution in [3.8, 4) is 0 Å². The number of rotatable bonds is 3. The lowest BCUT2D eigenvalue weighted by atomic mass is 10.1. The van der Waals surface area contributed by atoms with Gasteiger partial charge in [-0.05, 0) is 35.9 Å². The Morgan fingerprint density at radius 1 is 1.28 bits per heavy atom. The van der Waals surface area contributed by atoms with Gasteiger partial charge in [-0.15, -0.1) is 0 Å². The zero-order valence-electron chi connectivity index (χ0n) is 10.4. The van der Waals surface area contributed by atoms with E-state index in [1.807, 2.05) is 30.5 Å². The van der Waals surface area contributed by atoms with E-state index in [1.165, 1.54) is 5.56 Å². The SMILES string of the molecule is CCCCc1c[nH]n2c(=O)c3ccccc3cc12. The molecule has 0 aliphatic heterocycles. The van der Waals surface area contributed by atoms with Crippen molar-refractivity contribution in [2.24, 2.45) is 0 Å². The summed E-state index contributed by atoms with van der Waals surface area (Å²) in [4.78, 5) is 12.3. The van der Waals surface area contributed by atoms with Crippen LogP contribution in [0.3, 0.4) is 0 Å². The molecule has 3 aromatic rings. The van der Waals surface area contributed by atoms with Crippen molar-refractivity contribution in [2.45, 2.75) is 26.2 Å². The molecule has 0 aliphatic rings. The predicted octanol–water partition coefficient (Wildman–Crippen LogP) is 3.12. The Hall–Kier alpha value is -2.03. The number of hydrogen-bond acceptors (Lipinski definition) is 1. The predicted molar refractivity (Wildman–Crippen MR) is 74.1 cm³/mol. The van der Waals surface area contributed by atoms with E-state index in [9.17, 15) is 4.79 Å². The van der Waals surface area contributed by atoms with Crippen LogP contribution in [-0.2, 0) is 6.42 Å². The van der Waals surface area contributed by atoms with Gasteiger partial charge in [0.2, 0.25) is 0 Å². The van der Waals surface area contributed by atoms with E-state index in [2.05, 4.69) is 18.1 Å². The molecule has 92 valence electrons. The summed E-state index contributed by atoms with van der Waals surface area (Å²) in [6.45, 7) is 2.18. The summed E-state index contributed by atoms with van der Waals surface area (Å²) < 4.78 is 1.65. The Bertz CT molecular complexity index is 752. The summed E-state index contributed by atoms with van der Waals surface area (Å²) in [6, 6.07) is 9.83. The lowest BCUT2D eigenvalue weighted by Gasteiger charge is -2.01. The fourth-order valence-electron chi connectivity index (χ4n) is 2.41. The van der Waals surface area contributed by atoms with Crippen LogP contribution in [0.4, 0.5) is 0 Å². The summed E-state index contributed by atoms with van der Waals surface area (Å²) in [5.74, 6) is 0. The van der Waals surface area contributed by atoms with Crippen LogP contribution < -0.4 is 5.56 Å². The van der Waals surface area contributed by atoms with Crippen LogP contribution in [0.5, 0.6) is 0 Å². The molecule has 0 spiro atoms. The molecular weight excluding hydrogens is 224 g/mol. The van der Waals surface area contributed by atoms with E-state index in [0.29, 0.717) is 0 Å². The Morgan fingerprint density at radius 2 is 2.11 bits per heavy atom. The maximum atomic E-state index is 12.3. The largest absolute Gasteiger partial charge is 0.298 e. The smallest absolute Gasteiger partial charge is 0.277 e. The van der Waals surface area contributed by atoms with Gasteiger partial charge in [-0.2, -0.15) is 0 Å². The molecule has 0 fully saturated rings. The lowest BCUT2D eigenvalue weighted by Crippen LogP contribution is -2.13. The number of aromatic nitrogens is 2. The molecule has 2 aromatic heterocycles. The van der Waals surface area contributed by atoms with Crippen molar-refractivity contribution >= 4 is 16.3 Å². The second-order valence-corrected chi connectivity index (χ2v) is 4.66. The van der Waals surface area contributed by atoms with Crippen molar-refractivity contribution in [3.05, 3.63) is 52.4 Å². The number of hydrogen-bond donors (Lipinski definition) is 1. The standard InChI is InChI=1S/C15H16N2O/c1-2-3-6-12-10-16-17-14(12)9-11-7-4-5-8-13(11)15(17)18/h4-5,7-10,16H,2-3,6H2,1H3. The fourth-order valence-corrected chi connectivity index (χ4v) is 2.41. The normalized spacial score (nSPS) is 11.4. The minimum Gasteiger partial charge on any atom is -0.298 e.